The molecule has 2 heterocycles. The Morgan fingerprint density at radius 2 is 2.28 bits per heavy atom. The Labute approximate surface area is 123 Å². The molecule has 0 aromatic carbocycles. The molecule has 1 atom stereocenters. The highest BCUT2D eigenvalue weighted by Gasteiger charge is 2.16. The van der Waals surface area contributed by atoms with Crippen molar-refractivity contribution < 1.29 is 4.79 Å². The minimum Gasteiger partial charge on any atom is -0.344 e. The predicted octanol–water partition coefficient (Wildman–Crippen LogP) is 4.84. The van der Waals surface area contributed by atoms with E-state index in [0.29, 0.717) is 0 Å². The predicted molar refractivity (Wildman–Crippen MR) is 81.5 cm³/mol. The Bertz CT molecular complexity index is 507. The fraction of sp³-hybridized carbons (Fsp3) is 0.308. The Kier molecular flexibility index (Phi) is 4.97. The van der Waals surface area contributed by atoms with E-state index in [1.807, 2.05) is 23.6 Å². The van der Waals surface area contributed by atoms with Crippen molar-refractivity contribution in [3.8, 4) is 0 Å². The third-order valence-corrected chi connectivity index (χ3v) is 5.17. The van der Waals surface area contributed by atoms with Crippen molar-refractivity contribution in [2.45, 2.75) is 25.8 Å². The number of rotatable bonds is 5. The fourth-order valence-corrected chi connectivity index (χ4v) is 3.83. The molecule has 2 aromatic rings. The lowest BCUT2D eigenvalue weighted by molar-refractivity contribution is 0.0939. The van der Waals surface area contributed by atoms with Gasteiger partial charge in [0, 0.05) is 4.88 Å². The highest BCUT2D eigenvalue weighted by Crippen LogP contribution is 2.26. The number of halogens is 1. The van der Waals surface area contributed by atoms with Crippen molar-refractivity contribution in [3.63, 3.8) is 0 Å². The molecule has 18 heavy (non-hydrogen) atoms. The van der Waals surface area contributed by atoms with Crippen LogP contribution in [0.4, 0.5) is 0 Å². The molecule has 0 fully saturated rings. The van der Waals surface area contributed by atoms with Gasteiger partial charge in [0.25, 0.3) is 5.91 Å². The minimum atomic E-state index is 0.0116. The summed E-state index contributed by atoms with van der Waals surface area (Å²) in [5.74, 6) is 0.0116. The smallest absolute Gasteiger partial charge is 0.261 e. The summed E-state index contributed by atoms with van der Waals surface area (Å²) < 4.78 is 0.982. The maximum absolute atomic E-state index is 12.1. The number of carbonyl (C=O) groups excluding carboxylic acids is 1. The number of amides is 1. The molecule has 2 rings (SSSR count). The average molecular weight is 344 g/mol. The van der Waals surface area contributed by atoms with E-state index >= 15 is 0 Å². The van der Waals surface area contributed by atoms with Gasteiger partial charge in [-0.05, 0) is 45.9 Å². The second-order valence-corrected chi connectivity index (χ2v) is 7.38. The topological polar surface area (TPSA) is 29.1 Å². The summed E-state index contributed by atoms with van der Waals surface area (Å²) in [6.45, 7) is 2.13. The molecule has 2 aromatic heterocycles. The molecule has 0 spiro atoms. The Hall–Kier alpha value is -0.650. The second-order valence-electron chi connectivity index (χ2n) is 3.93. The van der Waals surface area contributed by atoms with Gasteiger partial charge in [0.05, 0.1) is 14.7 Å². The number of carbonyl (C=O) groups is 1. The van der Waals surface area contributed by atoms with Crippen LogP contribution in [-0.4, -0.2) is 5.91 Å². The molecular formula is C13H14BrNOS2. The molecule has 1 amide bonds. The van der Waals surface area contributed by atoms with Crippen molar-refractivity contribution in [1.82, 2.24) is 5.32 Å². The zero-order valence-corrected chi connectivity index (χ0v) is 13.2. The van der Waals surface area contributed by atoms with Gasteiger partial charge in [-0.15, -0.1) is 22.7 Å². The molecule has 0 aliphatic heterocycles. The third-order valence-electron chi connectivity index (χ3n) is 2.57. The molecular weight excluding hydrogens is 330 g/mol. The summed E-state index contributed by atoms with van der Waals surface area (Å²) in [4.78, 5) is 14.1. The first kappa shape index (κ1) is 13.8. The largest absolute Gasteiger partial charge is 0.344 e. The van der Waals surface area contributed by atoms with Gasteiger partial charge in [-0.3, -0.25) is 4.79 Å². The zero-order chi connectivity index (χ0) is 13.0. The van der Waals surface area contributed by atoms with E-state index in [2.05, 4.69) is 34.2 Å². The number of hydrogen-bond acceptors (Lipinski definition) is 3. The Morgan fingerprint density at radius 3 is 2.83 bits per heavy atom. The summed E-state index contributed by atoms with van der Waals surface area (Å²) in [6.07, 6.45) is 2.02. The van der Waals surface area contributed by atoms with Crippen LogP contribution in [0.15, 0.2) is 33.4 Å². The van der Waals surface area contributed by atoms with Crippen molar-refractivity contribution >= 4 is 44.5 Å². The van der Waals surface area contributed by atoms with Crippen molar-refractivity contribution in [3.05, 3.63) is 43.2 Å². The van der Waals surface area contributed by atoms with Crippen LogP contribution in [-0.2, 0) is 0 Å². The van der Waals surface area contributed by atoms with Gasteiger partial charge in [0.15, 0.2) is 0 Å². The van der Waals surface area contributed by atoms with Crippen LogP contribution in [0.2, 0.25) is 0 Å². The van der Waals surface area contributed by atoms with Crippen LogP contribution in [0.25, 0.3) is 0 Å². The highest BCUT2D eigenvalue weighted by atomic mass is 79.9. The van der Waals surface area contributed by atoms with Gasteiger partial charge in [-0.1, -0.05) is 19.4 Å². The standard InChI is InChI=1S/C13H14BrNOS2/c1-2-4-9(10-5-3-8-17-10)15-13(16)11-6-7-12(14)18-11/h3,5-9H,2,4H2,1H3,(H,15,16). The molecule has 0 radical (unpaired) electrons. The van der Waals surface area contributed by atoms with E-state index in [1.165, 1.54) is 16.2 Å². The van der Waals surface area contributed by atoms with E-state index in [4.69, 9.17) is 0 Å². The first-order valence-electron chi connectivity index (χ1n) is 5.80. The van der Waals surface area contributed by atoms with Crippen molar-refractivity contribution in [2.24, 2.45) is 0 Å². The second kappa shape index (κ2) is 6.50. The quantitative estimate of drug-likeness (QED) is 0.826. The summed E-state index contributed by atoms with van der Waals surface area (Å²) in [7, 11) is 0. The fourth-order valence-electron chi connectivity index (χ4n) is 1.73. The molecule has 0 saturated carbocycles. The van der Waals surface area contributed by atoms with Gasteiger partial charge in [0.1, 0.15) is 0 Å². The first-order chi connectivity index (χ1) is 8.70. The van der Waals surface area contributed by atoms with E-state index in [0.717, 1.165) is 21.5 Å². The molecule has 0 aliphatic rings. The van der Waals surface area contributed by atoms with Crippen molar-refractivity contribution in [2.75, 3.05) is 0 Å². The third kappa shape index (κ3) is 3.43. The summed E-state index contributed by atoms with van der Waals surface area (Å²) in [5.41, 5.74) is 0. The summed E-state index contributed by atoms with van der Waals surface area (Å²) in [5, 5.41) is 5.16. The van der Waals surface area contributed by atoms with Crippen LogP contribution >= 0.6 is 38.6 Å². The van der Waals surface area contributed by atoms with Gasteiger partial charge < -0.3 is 5.32 Å². The minimum absolute atomic E-state index is 0.0116. The van der Waals surface area contributed by atoms with Crippen LogP contribution in [0.5, 0.6) is 0 Å². The Morgan fingerprint density at radius 1 is 1.44 bits per heavy atom. The van der Waals surface area contributed by atoms with E-state index in [9.17, 15) is 4.79 Å². The molecule has 2 nitrogen and oxygen atoms in total. The van der Waals surface area contributed by atoms with Crippen LogP contribution in [0.3, 0.4) is 0 Å². The lowest BCUT2D eigenvalue weighted by atomic mass is 10.1. The normalized spacial score (nSPS) is 12.3. The van der Waals surface area contributed by atoms with Gasteiger partial charge in [0.2, 0.25) is 0 Å². The van der Waals surface area contributed by atoms with Gasteiger partial charge in [-0.25, -0.2) is 0 Å². The molecule has 0 saturated heterocycles. The number of thiophene rings is 2. The SMILES string of the molecule is CCCC(NC(=O)c1ccc(Br)s1)c1cccs1. The molecule has 0 aliphatic carbocycles. The molecule has 0 bridgehead atoms. The van der Waals surface area contributed by atoms with Crippen LogP contribution < -0.4 is 5.32 Å². The van der Waals surface area contributed by atoms with Gasteiger partial charge >= 0.3 is 0 Å². The molecule has 96 valence electrons. The molecule has 5 heteroatoms. The number of hydrogen-bond donors (Lipinski definition) is 1. The number of nitrogens with one attached hydrogen (secondary N) is 1. The van der Waals surface area contributed by atoms with Crippen LogP contribution in [0, 0.1) is 0 Å². The Balaban J connectivity index is 2.07. The van der Waals surface area contributed by atoms with E-state index < -0.39 is 0 Å². The monoisotopic (exact) mass is 343 g/mol. The maximum atomic E-state index is 12.1. The summed E-state index contributed by atoms with van der Waals surface area (Å²) in [6, 6.07) is 7.98. The van der Waals surface area contributed by atoms with Gasteiger partial charge in [-0.2, -0.15) is 0 Å². The molecule has 1 N–H and O–H groups in total. The average Bonchev–Trinajstić information content (AvgIpc) is 2.98. The van der Waals surface area contributed by atoms with Crippen molar-refractivity contribution in [1.29, 1.82) is 0 Å². The molecule has 1 unspecified atom stereocenters. The lowest BCUT2D eigenvalue weighted by Gasteiger charge is -2.16. The summed E-state index contributed by atoms with van der Waals surface area (Å²) >= 11 is 6.53. The van der Waals surface area contributed by atoms with E-state index in [-0.39, 0.29) is 11.9 Å². The van der Waals surface area contributed by atoms with Crippen LogP contribution in [0.1, 0.15) is 40.4 Å². The first-order valence-corrected chi connectivity index (χ1v) is 8.29. The van der Waals surface area contributed by atoms with E-state index in [1.54, 1.807) is 11.3 Å². The highest BCUT2D eigenvalue weighted by molar-refractivity contribution is 9.11. The lowest BCUT2D eigenvalue weighted by Crippen LogP contribution is -2.27. The maximum Gasteiger partial charge on any atom is 0.261 e. The zero-order valence-electron chi connectivity index (χ0n) is 9.98.